The van der Waals surface area contributed by atoms with Gasteiger partial charge >= 0.3 is 0 Å². The molecule has 34 heavy (non-hydrogen) atoms. The average Bonchev–Trinajstić information content (AvgIpc) is 2.83. The number of pyridine rings is 1. The number of benzene rings is 1. The molecule has 2 heterocycles. The minimum absolute atomic E-state index is 0.232. The molecule has 1 aliphatic heterocycles. The second kappa shape index (κ2) is 11.1. The highest BCUT2D eigenvalue weighted by atomic mass is 19.1. The van der Waals surface area contributed by atoms with Gasteiger partial charge in [0.05, 0.1) is 17.8 Å². The molecule has 0 bridgehead atoms. The van der Waals surface area contributed by atoms with Crippen LogP contribution in [0, 0.1) is 6.92 Å². The number of nitrogens with one attached hydrogen (secondary N) is 2. The van der Waals surface area contributed by atoms with Crippen LogP contribution in [0.15, 0.2) is 36.7 Å². The second-order valence-electron chi connectivity index (χ2n) is 9.68. The van der Waals surface area contributed by atoms with Crippen LogP contribution in [0.25, 0.3) is 11.9 Å². The summed E-state index contributed by atoms with van der Waals surface area (Å²) in [4.78, 5) is 19.3. The number of anilines is 1. The van der Waals surface area contributed by atoms with E-state index in [1.54, 1.807) is 24.4 Å². The number of aliphatic hydroxyl groups is 1. The molecule has 7 heteroatoms. The standard InChI is InChI=1S/C27H35FN4O2/c1-18-7-8-19(27(34)31-25-5-3-4-6-26(25)33)13-20(18)15-24(28)21-14-23(17-29-16-21)30-22-9-11-32(2)12-10-22/h7-8,13-17,22,25-26,30,33H,3-6,9-12H2,1-2H3,(H,31,34)/b24-15-/t25-,26-/m0/s1. The third-order valence-corrected chi connectivity index (χ3v) is 6.97. The first-order chi connectivity index (χ1) is 16.4. The lowest BCUT2D eigenvalue weighted by Crippen LogP contribution is -2.45. The molecule has 1 aliphatic carbocycles. The van der Waals surface area contributed by atoms with E-state index < -0.39 is 11.9 Å². The van der Waals surface area contributed by atoms with Crippen LogP contribution in [0.1, 0.15) is 65.6 Å². The molecule has 1 saturated heterocycles. The van der Waals surface area contributed by atoms with Gasteiger partial charge in [-0.05, 0) is 88.1 Å². The lowest BCUT2D eigenvalue weighted by atomic mass is 9.92. The SMILES string of the molecule is Cc1ccc(C(=O)N[C@H]2CCCC[C@@H]2O)cc1/C=C(\F)c1cncc(NC2CCN(C)CC2)c1. The van der Waals surface area contributed by atoms with Crippen molar-refractivity contribution < 1.29 is 14.3 Å². The maximum absolute atomic E-state index is 15.2. The van der Waals surface area contributed by atoms with Crippen LogP contribution in [0.3, 0.4) is 0 Å². The topological polar surface area (TPSA) is 77.5 Å². The van der Waals surface area contributed by atoms with Crippen LogP contribution in [0.2, 0.25) is 0 Å². The smallest absolute Gasteiger partial charge is 0.251 e. The Kier molecular flexibility index (Phi) is 7.95. The molecule has 2 fully saturated rings. The van der Waals surface area contributed by atoms with E-state index in [1.165, 1.54) is 12.3 Å². The number of aromatic nitrogens is 1. The molecule has 6 nitrogen and oxygen atoms in total. The normalized spacial score (nSPS) is 22.4. The number of amides is 1. The summed E-state index contributed by atoms with van der Waals surface area (Å²) in [5.74, 6) is -0.644. The van der Waals surface area contributed by atoms with Crippen molar-refractivity contribution in [2.75, 3.05) is 25.5 Å². The van der Waals surface area contributed by atoms with Gasteiger partial charge in [-0.1, -0.05) is 18.9 Å². The lowest BCUT2D eigenvalue weighted by molar-refractivity contribution is 0.0717. The first-order valence-electron chi connectivity index (χ1n) is 12.3. The number of carbonyl (C=O) groups is 1. The lowest BCUT2D eigenvalue weighted by Gasteiger charge is -2.30. The first kappa shape index (κ1) is 24.4. The Labute approximate surface area is 201 Å². The second-order valence-corrected chi connectivity index (χ2v) is 9.68. The van der Waals surface area contributed by atoms with Crippen LogP contribution >= 0.6 is 0 Å². The van der Waals surface area contributed by atoms with Crippen molar-refractivity contribution in [3.8, 4) is 0 Å². The molecule has 1 aromatic heterocycles. The van der Waals surface area contributed by atoms with E-state index in [0.29, 0.717) is 29.2 Å². The molecule has 2 atom stereocenters. The highest BCUT2D eigenvalue weighted by molar-refractivity contribution is 5.95. The maximum atomic E-state index is 15.2. The zero-order valence-electron chi connectivity index (χ0n) is 20.1. The monoisotopic (exact) mass is 466 g/mol. The van der Waals surface area contributed by atoms with E-state index in [0.717, 1.165) is 56.4 Å². The molecule has 2 aromatic rings. The highest BCUT2D eigenvalue weighted by Gasteiger charge is 2.25. The van der Waals surface area contributed by atoms with Crippen molar-refractivity contribution in [1.29, 1.82) is 0 Å². The van der Waals surface area contributed by atoms with Gasteiger partial charge in [-0.25, -0.2) is 4.39 Å². The molecule has 1 amide bonds. The summed E-state index contributed by atoms with van der Waals surface area (Å²) in [6, 6.07) is 7.18. The summed E-state index contributed by atoms with van der Waals surface area (Å²) in [5.41, 5.74) is 3.18. The van der Waals surface area contributed by atoms with Crippen molar-refractivity contribution in [3.05, 3.63) is 58.9 Å². The minimum atomic E-state index is -0.511. The fourth-order valence-electron chi connectivity index (χ4n) is 4.73. The van der Waals surface area contributed by atoms with Crippen molar-refractivity contribution in [2.24, 2.45) is 0 Å². The van der Waals surface area contributed by atoms with E-state index in [9.17, 15) is 9.90 Å². The van der Waals surface area contributed by atoms with E-state index in [1.807, 2.05) is 13.0 Å². The summed E-state index contributed by atoms with van der Waals surface area (Å²) >= 11 is 0. The van der Waals surface area contributed by atoms with Crippen LogP contribution < -0.4 is 10.6 Å². The number of aryl methyl sites for hydroxylation is 1. The predicted octanol–water partition coefficient (Wildman–Crippen LogP) is 4.40. The third kappa shape index (κ3) is 6.21. The fraction of sp³-hybridized carbons (Fsp3) is 0.481. The Morgan fingerprint density at radius 3 is 2.65 bits per heavy atom. The number of nitrogens with zero attached hydrogens (tertiary/aromatic N) is 2. The number of piperidine rings is 1. The van der Waals surface area contributed by atoms with Crippen molar-refractivity contribution >= 4 is 23.5 Å². The van der Waals surface area contributed by atoms with Crippen LogP contribution in [-0.2, 0) is 0 Å². The molecule has 3 N–H and O–H groups in total. The van der Waals surface area contributed by atoms with E-state index >= 15 is 4.39 Å². The van der Waals surface area contributed by atoms with Crippen molar-refractivity contribution in [3.63, 3.8) is 0 Å². The molecular weight excluding hydrogens is 431 g/mol. The Bertz CT molecular complexity index is 1030. The van der Waals surface area contributed by atoms with Gasteiger partial charge < -0.3 is 20.6 Å². The molecule has 1 saturated carbocycles. The molecule has 0 unspecified atom stereocenters. The molecule has 4 rings (SSSR count). The summed E-state index contributed by atoms with van der Waals surface area (Å²) in [6.45, 7) is 3.98. The summed E-state index contributed by atoms with van der Waals surface area (Å²) < 4.78 is 15.2. The highest BCUT2D eigenvalue weighted by Crippen LogP contribution is 2.25. The number of carbonyl (C=O) groups excluding carboxylic acids is 1. The van der Waals surface area contributed by atoms with Gasteiger partial charge in [0, 0.05) is 29.6 Å². The van der Waals surface area contributed by atoms with Crippen molar-refractivity contribution in [2.45, 2.75) is 63.6 Å². The number of halogens is 1. The van der Waals surface area contributed by atoms with Gasteiger partial charge in [-0.15, -0.1) is 0 Å². The van der Waals surface area contributed by atoms with Crippen LogP contribution in [0.4, 0.5) is 10.1 Å². The summed E-state index contributed by atoms with van der Waals surface area (Å²) in [6.07, 6.45) is 9.74. The quantitative estimate of drug-likeness (QED) is 0.588. The van der Waals surface area contributed by atoms with E-state index in [2.05, 4.69) is 27.6 Å². The Morgan fingerprint density at radius 2 is 1.88 bits per heavy atom. The van der Waals surface area contributed by atoms with Gasteiger partial charge in [0.15, 0.2) is 0 Å². The molecule has 182 valence electrons. The minimum Gasteiger partial charge on any atom is -0.391 e. The average molecular weight is 467 g/mol. The largest absolute Gasteiger partial charge is 0.391 e. The maximum Gasteiger partial charge on any atom is 0.251 e. The van der Waals surface area contributed by atoms with Crippen molar-refractivity contribution in [1.82, 2.24) is 15.2 Å². The fourth-order valence-corrected chi connectivity index (χ4v) is 4.73. The molecule has 0 radical (unpaired) electrons. The molecule has 1 aromatic carbocycles. The third-order valence-electron chi connectivity index (χ3n) is 6.97. The molecule has 2 aliphatic rings. The van der Waals surface area contributed by atoms with Gasteiger partial charge in [0.1, 0.15) is 5.83 Å². The first-order valence-corrected chi connectivity index (χ1v) is 12.3. The van der Waals surface area contributed by atoms with E-state index in [4.69, 9.17) is 0 Å². The molecular formula is C27H35FN4O2. The summed E-state index contributed by atoms with van der Waals surface area (Å²) in [7, 11) is 2.12. The Balaban J connectivity index is 1.47. The van der Waals surface area contributed by atoms with E-state index in [-0.39, 0.29) is 11.9 Å². The Hall–Kier alpha value is -2.77. The number of hydrogen-bond acceptors (Lipinski definition) is 5. The van der Waals surface area contributed by atoms with Crippen LogP contribution in [-0.4, -0.2) is 59.2 Å². The van der Waals surface area contributed by atoms with Gasteiger partial charge in [-0.2, -0.15) is 0 Å². The number of likely N-dealkylation sites (tertiary alicyclic amines) is 1. The zero-order chi connectivity index (χ0) is 24.1. The van der Waals surface area contributed by atoms with Crippen LogP contribution in [0.5, 0.6) is 0 Å². The number of aliphatic hydroxyl groups excluding tert-OH is 1. The molecule has 0 spiro atoms. The van der Waals surface area contributed by atoms with Gasteiger partial charge in [0.25, 0.3) is 5.91 Å². The predicted molar refractivity (Wildman–Crippen MR) is 134 cm³/mol. The Morgan fingerprint density at radius 1 is 1.12 bits per heavy atom. The number of rotatable bonds is 6. The zero-order valence-corrected chi connectivity index (χ0v) is 20.1. The number of hydrogen-bond donors (Lipinski definition) is 3. The summed E-state index contributed by atoms with van der Waals surface area (Å²) in [5, 5.41) is 16.6. The van der Waals surface area contributed by atoms with Gasteiger partial charge in [0.2, 0.25) is 0 Å². The van der Waals surface area contributed by atoms with Gasteiger partial charge in [-0.3, -0.25) is 9.78 Å².